The van der Waals surface area contributed by atoms with Gasteiger partial charge in [0.15, 0.2) is 5.60 Å². The lowest BCUT2D eigenvalue weighted by molar-refractivity contribution is 0.0500. The summed E-state index contributed by atoms with van der Waals surface area (Å²) in [6, 6.07) is 9.84. The van der Waals surface area contributed by atoms with E-state index in [0.29, 0.717) is 11.3 Å². The summed E-state index contributed by atoms with van der Waals surface area (Å²) < 4.78 is 6.23. The Morgan fingerprint density at radius 3 is 2.74 bits per heavy atom. The predicted molar refractivity (Wildman–Crippen MR) is 88.6 cm³/mol. The number of aromatic nitrogens is 1. The minimum Gasteiger partial charge on any atom is -0.479 e. The van der Waals surface area contributed by atoms with Crippen molar-refractivity contribution in [2.45, 2.75) is 25.4 Å². The number of H-pyrrole nitrogens is 1. The lowest BCUT2D eigenvalue weighted by Gasteiger charge is -2.26. The molecule has 1 aromatic heterocycles. The third-order valence-corrected chi connectivity index (χ3v) is 5.23. The van der Waals surface area contributed by atoms with E-state index in [1.165, 1.54) is 0 Å². The van der Waals surface area contributed by atoms with Crippen LogP contribution in [0.2, 0.25) is 0 Å². The van der Waals surface area contributed by atoms with Crippen LogP contribution in [0, 0.1) is 5.92 Å². The number of nitrogens with one attached hydrogen (secondary N) is 1. The van der Waals surface area contributed by atoms with Crippen molar-refractivity contribution >= 4 is 0 Å². The molecule has 2 aliphatic rings. The zero-order valence-electron chi connectivity index (χ0n) is 13.2. The fourth-order valence-electron chi connectivity index (χ4n) is 4.00. The van der Waals surface area contributed by atoms with Crippen LogP contribution in [0.4, 0.5) is 0 Å². The van der Waals surface area contributed by atoms with Gasteiger partial charge in [0.05, 0.1) is 12.2 Å². The fraction of sp³-hybridized carbons (Fsp3) is 0.316. The molecule has 0 fully saturated rings. The molecule has 4 rings (SSSR count). The highest BCUT2D eigenvalue weighted by Crippen LogP contribution is 2.56. The molecule has 0 amide bonds. The minimum atomic E-state index is -0.816. The first-order valence-electron chi connectivity index (χ1n) is 7.87. The predicted octanol–water partition coefficient (Wildman–Crippen LogP) is 2.85. The summed E-state index contributed by atoms with van der Waals surface area (Å²) in [4.78, 5) is 15.4. The van der Waals surface area contributed by atoms with E-state index in [4.69, 9.17) is 4.74 Å². The number of hydrogen-bond donors (Lipinski definition) is 2. The number of hydrogen-bond acceptors (Lipinski definition) is 3. The highest BCUT2D eigenvalue weighted by Gasteiger charge is 2.55. The summed E-state index contributed by atoms with van der Waals surface area (Å²) in [5.41, 5.74) is 2.71. The molecule has 1 aliphatic heterocycles. The zero-order valence-corrected chi connectivity index (χ0v) is 13.2. The second-order valence-electron chi connectivity index (χ2n) is 6.51. The van der Waals surface area contributed by atoms with Crippen molar-refractivity contribution in [3.63, 3.8) is 0 Å². The molecule has 2 aromatic rings. The van der Waals surface area contributed by atoms with Gasteiger partial charge in [-0.05, 0) is 24.5 Å². The summed E-state index contributed by atoms with van der Waals surface area (Å²) in [5, 5.41) is 10.0. The van der Waals surface area contributed by atoms with Crippen molar-refractivity contribution < 1.29 is 9.84 Å². The number of aromatic amines is 1. The van der Waals surface area contributed by atoms with Crippen molar-refractivity contribution in [3.8, 4) is 16.9 Å². The molecule has 118 valence electrons. The maximum Gasteiger partial charge on any atom is 0.255 e. The van der Waals surface area contributed by atoms with E-state index < -0.39 is 5.60 Å². The van der Waals surface area contributed by atoms with Gasteiger partial charge < -0.3 is 14.8 Å². The second kappa shape index (κ2) is 4.83. The maximum atomic E-state index is 12.5. The van der Waals surface area contributed by atoms with Crippen LogP contribution >= 0.6 is 0 Å². The number of ether oxygens (including phenoxy) is 1. The average molecular weight is 309 g/mol. The summed E-state index contributed by atoms with van der Waals surface area (Å²) in [7, 11) is 0. The van der Waals surface area contributed by atoms with Crippen LogP contribution < -0.4 is 10.3 Å². The Labute approximate surface area is 134 Å². The molecule has 0 saturated heterocycles. The Hall–Kier alpha value is -2.33. The zero-order chi connectivity index (χ0) is 16.2. The maximum absolute atomic E-state index is 12.5. The van der Waals surface area contributed by atoms with Gasteiger partial charge in [-0.15, -0.1) is 0 Å². The normalized spacial score (nSPS) is 28.0. The molecule has 0 saturated carbocycles. The number of pyridine rings is 1. The summed E-state index contributed by atoms with van der Waals surface area (Å²) >= 11 is 0. The van der Waals surface area contributed by atoms with Gasteiger partial charge in [-0.1, -0.05) is 42.8 Å². The van der Waals surface area contributed by atoms with E-state index in [-0.39, 0.29) is 24.0 Å². The Morgan fingerprint density at radius 1 is 1.30 bits per heavy atom. The standard InChI is InChI=1S/C19H19NO3/c1-11-8-19(10-21)16(12(11)2)15-17(23-19)14(9-20-18(15)22)13-6-4-3-5-7-13/h3-9,12,16,21H,10H2,1-2H3,(H,20,22)/t12-,16-,19+/m0/s1. The van der Waals surface area contributed by atoms with Crippen LogP contribution in [0.5, 0.6) is 5.75 Å². The molecule has 0 radical (unpaired) electrons. The van der Waals surface area contributed by atoms with Crippen LogP contribution in [-0.2, 0) is 0 Å². The Kier molecular flexibility index (Phi) is 3.00. The first-order valence-corrected chi connectivity index (χ1v) is 7.87. The van der Waals surface area contributed by atoms with Crippen LogP contribution in [-0.4, -0.2) is 22.3 Å². The number of aliphatic hydroxyl groups is 1. The highest BCUT2D eigenvalue weighted by atomic mass is 16.5. The van der Waals surface area contributed by atoms with Crippen molar-refractivity contribution in [1.82, 2.24) is 4.98 Å². The van der Waals surface area contributed by atoms with E-state index in [1.54, 1.807) is 6.20 Å². The van der Waals surface area contributed by atoms with Crippen molar-refractivity contribution in [2.24, 2.45) is 5.92 Å². The number of aliphatic hydroxyl groups excluding tert-OH is 1. The van der Waals surface area contributed by atoms with Crippen molar-refractivity contribution in [1.29, 1.82) is 0 Å². The largest absolute Gasteiger partial charge is 0.479 e. The third kappa shape index (κ3) is 1.85. The van der Waals surface area contributed by atoms with Gasteiger partial charge in [0, 0.05) is 17.7 Å². The van der Waals surface area contributed by atoms with E-state index in [9.17, 15) is 9.90 Å². The van der Waals surface area contributed by atoms with Crippen molar-refractivity contribution in [3.05, 3.63) is 64.1 Å². The summed E-state index contributed by atoms with van der Waals surface area (Å²) in [6.07, 6.45) is 3.68. The molecule has 3 atom stereocenters. The molecule has 1 aromatic carbocycles. The van der Waals surface area contributed by atoms with Crippen LogP contribution in [0.1, 0.15) is 25.3 Å². The number of benzene rings is 1. The van der Waals surface area contributed by atoms with E-state index in [1.807, 2.05) is 43.3 Å². The number of fused-ring (bicyclic) bond motifs is 3. The molecular formula is C19H19NO3. The first-order chi connectivity index (χ1) is 11.1. The molecule has 1 aliphatic carbocycles. The van der Waals surface area contributed by atoms with E-state index in [0.717, 1.165) is 16.7 Å². The molecule has 4 nitrogen and oxygen atoms in total. The fourth-order valence-corrected chi connectivity index (χ4v) is 4.00. The molecule has 0 unspecified atom stereocenters. The molecule has 23 heavy (non-hydrogen) atoms. The second-order valence-corrected chi connectivity index (χ2v) is 6.51. The van der Waals surface area contributed by atoms with Gasteiger partial charge in [0.1, 0.15) is 5.75 Å². The monoisotopic (exact) mass is 309 g/mol. The van der Waals surface area contributed by atoms with Crippen molar-refractivity contribution in [2.75, 3.05) is 6.61 Å². The number of allylic oxidation sites excluding steroid dienone is 1. The van der Waals surface area contributed by atoms with Gasteiger partial charge in [0.25, 0.3) is 5.56 Å². The smallest absolute Gasteiger partial charge is 0.255 e. The first kappa shape index (κ1) is 14.3. The lowest BCUT2D eigenvalue weighted by atomic mass is 9.81. The lowest BCUT2D eigenvalue weighted by Crippen LogP contribution is -2.39. The Balaban J connectivity index is 1.96. The quantitative estimate of drug-likeness (QED) is 0.839. The minimum absolute atomic E-state index is 0.130. The van der Waals surface area contributed by atoms with Crippen LogP contribution in [0.3, 0.4) is 0 Å². The Bertz CT molecular complexity index is 853. The van der Waals surface area contributed by atoms with E-state index in [2.05, 4.69) is 11.9 Å². The molecule has 4 heteroatoms. The SMILES string of the molecule is CC1=C[C@]2(CO)Oc3c(-c4ccccc4)c[nH]c(=O)c3[C@@H]2[C@H]1C. The highest BCUT2D eigenvalue weighted by molar-refractivity contribution is 5.73. The van der Waals surface area contributed by atoms with Gasteiger partial charge in [0.2, 0.25) is 0 Å². The number of rotatable bonds is 2. The van der Waals surface area contributed by atoms with E-state index >= 15 is 0 Å². The van der Waals surface area contributed by atoms with Crippen LogP contribution in [0.15, 0.2) is 53.0 Å². The summed E-state index contributed by atoms with van der Waals surface area (Å²) in [6.45, 7) is 3.97. The Morgan fingerprint density at radius 2 is 2.04 bits per heavy atom. The molecule has 2 heterocycles. The van der Waals surface area contributed by atoms with Gasteiger partial charge in [-0.3, -0.25) is 4.79 Å². The topological polar surface area (TPSA) is 62.3 Å². The average Bonchev–Trinajstić information content (AvgIpc) is 3.02. The van der Waals surface area contributed by atoms with Crippen LogP contribution in [0.25, 0.3) is 11.1 Å². The summed E-state index contributed by atoms with van der Waals surface area (Å²) in [5.74, 6) is 0.625. The molecule has 0 spiro atoms. The molecular weight excluding hydrogens is 290 g/mol. The molecule has 0 bridgehead atoms. The van der Waals surface area contributed by atoms with Gasteiger partial charge in [-0.2, -0.15) is 0 Å². The van der Waals surface area contributed by atoms with Gasteiger partial charge in [-0.25, -0.2) is 0 Å². The van der Waals surface area contributed by atoms with Gasteiger partial charge >= 0.3 is 0 Å². The molecule has 2 N–H and O–H groups in total. The third-order valence-electron chi connectivity index (χ3n) is 5.23.